The van der Waals surface area contributed by atoms with E-state index in [0.717, 1.165) is 18.5 Å². The molecular weight excluding hydrogens is 216 g/mol. The zero-order valence-electron chi connectivity index (χ0n) is 10.8. The maximum atomic E-state index is 11.6. The first-order valence-electron chi connectivity index (χ1n) is 5.91. The van der Waals surface area contributed by atoms with E-state index < -0.39 is 0 Å². The molecule has 1 atom stereocenters. The minimum absolute atomic E-state index is 0.0414. The SMILES string of the molecule is C=C1C(C)N(C=O)CCN1/C(=C\CC)C(C)=O. The van der Waals surface area contributed by atoms with Crippen LogP contribution in [0.4, 0.5) is 0 Å². The van der Waals surface area contributed by atoms with Gasteiger partial charge in [0.2, 0.25) is 6.41 Å². The van der Waals surface area contributed by atoms with Crippen LogP contribution in [-0.2, 0) is 9.59 Å². The van der Waals surface area contributed by atoms with Gasteiger partial charge in [0.25, 0.3) is 0 Å². The van der Waals surface area contributed by atoms with Gasteiger partial charge < -0.3 is 9.80 Å². The van der Waals surface area contributed by atoms with Crippen molar-refractivity contribution in [2.45, 2.75) is 33.2 Å². The van der Waals surface area contributed by atoms with Gasteiger partial charge in [0.1, 0.15) is 0 Å². The van der Waals surface area contributed by atoms with Crippen molar-refractivity contribution >= 4 is 12.2 Å². The Kier molecular flexibility index (Phi) is 4.49. The molecule has 0 saturated carbocycles. The molecule has 1 heterocycles. The molecule has 0 spiro atoms. The summed E-state index contributed by atoms with van der Waals surface area (Å²) in [5.41, 5.74) is 1.49. The van der Waals surface area contributed by atoms with Crippen molar-refractivity contribution in [3.63, 3.8) is 0 Å². The Morgan fingerprint density at radius 3 is 2.65 bits per heavy atom. The molecule has 1 aliphatic rings. The average Bonchev–Trinajstić information content (AvgIpc) is 2.30. The number of rotatable bonds is 4. The topological polar surface area (TPSA) is 40.6 Å². The highest BCUT2D eigenvalue weighted by Crippen LogP contribution is 2.23. The zero-order valence-corrected chi connectivity index (χ0v) is 10.8. The Balaban J connectivity index is 2.93. The largest absolute Gasteiger partial charge is 0.339 e. The normalized spacial score (nSPS) is 21.7. The Labute approximate surface area is 103 Å². The van der Waals surface area contributed by atoms with E-state index in [1.165, 1.54) is 0 Å². The molecule has 0 radical (unpaired) electrons. The Hall–Kier alpha value is -1.58. The number of ketones is 1. The second-order valence-corrected chi connectivity index (χ2v) is 4.22. The molecule has 0 aromatic carbocycles. The van der Waals surface area contributed by atoms with Crippen LogP contribution < -0.4 is 0 Å². The summed E-state index contributed by atoms with van der Waals surface area (Å²) in [7, 11) is 0. The number of hydrogen-bond acceptors (Lipinski definition) is 3. The summed E-state index contributed by atoms with van der Waals surface area (Å²) < 4.78 is 0. The van der Waals surface area contributed by atoms with E-state index in [-0.39, 0.29) is 11.8 Å². The van der Waals surface area contributed by atoms with Gasteiger partial charge in [-0.1, -0.05) is 19.6 Å². The number of piperazine rings is 1. The van der Waals surface area contributed by atoms with Gasteiger partial charge in [-0.05, 0) is 13.3 Å². The van der Waals surface area contributed by atoms with Crippen LogP contribution in [0.1, 0.15) is 27.2 Å². The monoisotopic (exact) mass is 236 g/mol. The van der Waals surface area contributed by atoms with Crippen molar-refractivity contribution in [2.75, 3.05) is 13.1 Å². The number of hydrogen-bond donors (Lipinski definition) is 0. The highest BCUT2D eigenvalue weighted by atomic mass is 16.1. The molecular formula is C13H20N2O2. The summed E-state index contributed by atoms with van der Waals surface area (Å²) in [4.78, 5) is 26.1. The highest BCUT2D eigenvalue weighted by molar-refractivity contribution is 5.93. The van der Waals surface area contributed by atoms with Crippen molar-refractivity contribution in [3.8, 4) is 0 Å². The smallest absolute Gasteiger partial charge is 0.210 e. The fraction of sp³-hybridized carbons (Fsp3) is 0.538. The Morgan fingerprint density at radius 1 is 1.53 bits per heavy atom. The predicted octanol–water partition coefficient (Wildman–Crippen LogP) is 1.55. The maximum Gasteiger partial charge on any atom is 0.210 e. The first-order chi connectivity index (χ1) is 8.02. The molecule has 1 rings (SSSR count). The first kappa shape index (κ1) is 13.5. The van der Waals surface area contributed by atoms with E-state index in [1.807, 2.05) is 24.8 Å². The van der Waals surface area contributed by atoms with Crippen LogP contribution in [0.5, 0.6) is 0 Å². The number of allylic oxidation sites excluding steroid dienone is 2. The van der Waals surface area contributed by atoms with Crippen LogP contribution in [0.25, 0.3) is 0 Å². The lowest BCUT2D eigenvalue weighted by Gasteiger charge is -2.41. The first-order valence-corrected chi connectivity index (χ1v) is 5.91. The predicted molar refractivity (Wildman–Crippen MR) is 67.1 cm³/mol. The van der Waals surface area contributed by atoms with Gasteiger partial charge in [-0.2, -0.15) is 0 Å². The van der Waals surface area contributed by atoms with Gasteiger partial charge in [-0.25, -0.2) is 0 Å². The summed E-state index contributed by atoms with van der Waals surface area (Å²) in [6.45, 7) is 10.7. The van der Waals surface area contributed by atoms with Gasteiger partial charge in [-0.3, -0.25) is 9.59 Å². The fourth-order valence-corrected chi connectivity index (χ4v) is 2.03. The molecule has 4 heteroatoms. The minimum atomic E-state index is -0.0548. The van der Waals surface area contributed by atoms with Gasteiger partial charge in [0, 0.05) is 25.7 Å². The van der Waals surface area contributed by atoms with Gasteiger partial charge in [0.05, 0.1) is 11.7 Å². The molecule has 0 aliphatic carbocycles. The molecule has 0 aromatic rings. The number of amides is 1. The van der Waals surface area contributed by atoms with Crippen LogP contribution in [0, 0.1) is 0 Å². The molecule has 1 unspecified atom stereocenters. The van der Waals surface area contributed by atoms with Crippen molar-refractivity contribution in [3.05, 3.63) is 24.0 Å². The summed E-state index contributed by atoms with van der Waals surface area (Å²) in [5, 5.41) is 0. The van der Waals surface area contributed by atoms with Crippen LogP contribution >= 0.6 is 0 Å². The van der Waals surface area contributed by atoms with Crippen molar-refractivity contribution in [1.29, 1.82) is 0 Å². The van der Waals surface area contributed by atoms with Crippen LogP contribution in [0.2, 0.25) is 0 Å². The lowest BCUT2D eigenvalue weighted by Crippen LogP contribution is -2.49. The third-order valence-electron chi connectivity index (χ3n) is 3.09. The molecule has 1 aliphatic heterocycles. The lowest BCUT2D eigenvalue weighted by atomic mass is 10.1. The van der Waals surface area contributed by atoms with Gasteiger partial charge in [0.15, 0.2) is 5.78 Å². The average molecular weight is 236 g/mol. The van der Waals surface area contributed by atoms with E-state index >= 15 is 0 Å². The third kappa shape index (κ3) is 2.75. The lowest BCUT2D eigenvalue weighted by molar-refractivity contribution is -0.120. The van der Waals surface area contributed by atoms with Gasteiger partial charge >= 0.3 is 0 Å². The van der Waals surface area contributed by atoms with Gasteiger partial charge in [-0.15, -0.1) is 0 Å². The molecule has 1 amide bonds. The Morgan fingerprint density at radius 2 is 2.18 bits per heavy atom. The summed E-state index contributed by atoms with van der Waals surface area (Å²) in [5.74, 6) is 0.0414. The van der Waals surface area contributed by atoms with E-state index in [1.54, 1.807) is 11.8 Å². The van der Waals surface area contributed by atoms with Crippen LogP contribution in [0.15, 0.2) is 24.0 Å². The zero-order chi connectivity index (χ0) is 13.0. The molecule has 0 bridgehead atoms. The van der Waals surface area contributed by atoms with E-state index in [9.17, 15) is 9.59 Å². The van der Waals surface area contributed by atoms with Crippen molar-refractivity contribution in [1.82, 2.24) is 9.80 Å². The number of carbonyl (C=O) groups is 2. The molecule has 1 saturated heterocycles. The fourth-order valence-electron chi connectivity index (χ4n) is 2.03. The van der Waals surface area contributed by atoms with E-state index in [0.29, 0.717) is 18.8 Å². The molecule has 1 fully saturated rings. The highest BCUT2D eigenvalue weighted by Gasteiger charge is 2.28. The molecule has 0 N–H and O–H groups in total. The standard InChI is InChI=1S/C13H20N2O2/c1-5-6-13(12(4)17)15-8-7-14(9-16)10(2)11(15)3/h6,9-10H,3,5,7-8H2,1-2,4H3/b13-6-. The molecule has 4 nitrogen and oxygen atoms in total. The van der Waals surface area contributed by atoms with E-state index in [4.69, 9.17) is 0 Å². The third-order valence-corrected chi connectivity index (χ3v) is 3.09. The van der Waals surface area contributed by atoms with Crippen molar-refractivity contribution < 1.29 is 9.59 Å². The second kappa shape index (κ2) is 5.66. The van der Waals surface area contributed by atoms with Crippen molar-refractivity contribution in [2.24, 2.45) is 0 Å². The summed E-state index contributed by atoms with van der Waals surface area (Å²) in [6.07, 6.45) is 3.56. The van der Waals surface area contributed by atoms with E-state index in [2.05, 4.69) is 6.58 Å². The minimum Gasteiger partial charge on any atom is -0.339 e. The number of nitrogens with zero attached hydrogens (tertiary/aromatic N) is 2. The quantitative estimate of drug-likeness (QED) is 0.549. The van der Waals surface area contributed by atoms with Crippen LogP contribution in [0.3, 0.4) is 0 Å². The Bertz CT molecular complexity index is 360. The number of Topliss-reactive ketones (excluding diaryl/α,β-unsaturated/α-hetero) is 1. The number of carbonyl (C=O) groups excluding carboxylic acids is 2. The molecule has 0 aromatic heterocycles. The maximum absolute atomic E-state index is 11.6. The second-order valence-electron chi connectivity index (χ2n) is 4.22. The van der Waals surface area contributed by atoms with Crippen LogP contribution in [-0.4, -0.2) is 41.1 Å². The summed E-state index contributed by atoms with van der Waals surface area (Å²) >= 11 is 0. The summed E-state index contributed by atoms with van der Waals surface area (Å²) in [6, 6.07) is -0.0548. The molecule has 17 heavy (non-hydrogen) atoms. The molecule has 94 valence electrons.